The number of morpholine rings is 1. The topological polar surface area (TPSA) is 55.6 Å². The Bertz CT molecular complexity index is 448. The van der Waals surface area contributed by atoms with Crippen LogP contribution in [0.15, 0.2) is 22.7 Å². The molecule has 0 amide bonds. The van der Waals surface area contributed by atoms with Gasteiger partial charge in [0.2, 0.25) is 0 Å². The summed E-state index contributed by atoms with van der Waals surface area (Å²) < 4.78 is 6.25. The van der Waals surface area contributed by atoms with Crippen molar-refractivity contribution in [1.29, 1.82) is 0 Å². The van der Waals surface area contributed by atoms with Gasteiger partial charge in [-0.2, -0.15) is 0 Å². The maximum absolute atomic E-state index is 10.8. The molecule has 0 unspecified atom stereocenters. The van der Waals surface area contributed by atoms with Crippen molar-refractivity contribution in [3.8, 4) is 0 Å². The van der Waals surface area contributed by atoms with Gasteiger partial charge in [-0.3, -0.25) is 15.0 Å². The largest absolute Gasteiger partial charge is 0.379 e. The van der Waals surface area contributed by atoms with Gasteiger partial charge in [0.05, 0.1) is 18.1 Å². The van der Waals surface area contributed by atoms with Gasteiger partial charge < -0.3 is 4.74 Å². The van der Waals surface area contributed by atoms with Crippen LogP contribution in [0.25, 0.3) is 0 Å². The highest BCUT2D eigenvalue weighted by Gasteiger charge is 2.12. The maximum Gasteiger partial charge on any atom is 0.269 e. The first-order chi connectivity index (χ1) is 9.16. The van der Waals surface area contributed by atoms with Crippen LogP contribution >= 0.6 is 15.9 Å². The summed E-state index contributed by atoms with van der Waals surface area (Å²) in [5.74, 6) is 0. The molecule has 0 spiro atoms. The molecule has 0 N–H and O–H groups in total. The first-order valence-electron chi connectivity index (χ1n) is 6.40. The average molecular weight is 329 g/mol. The molecule has 1 saturated heterocycles. The van der Waals surface area contributed by atoms with Crippen LogP contribution in [0.1, 0.15) is 12.0 Å². The van der Waals surface area contributed by atoms with E-state index in [0.29, 0.717) is 0 Å². The third-order valence-corrected chi connectivity index (χ3v) is 4.04. The summed E-state index contributed by atoms with van der Waals surface area (Å²) in [4.78, 5) is 12.8. The van der Waals surface area contributed by atoms with Gasteiger partial charge in [-0.1, -0.05) is 15.9 Å². The molecule has 1 aliphatic heterocycles. The van der Waals surface area contributed by atoms with Crippen LogP contribution in [0.3, 0.4) is 0 Å². The summed E-state index contributed by atoms with van der Waals surface area (Å²) >= 11 is 3.45. The minimum Gasteiger partial charge on any atom is -0.379 e. The van der Waals surface area contributed by atoms with Crippen LogP contribution in [0.4, 0.5) is 5.69 Å². The highest BCUT2D eigenvalue weighted by molar-refractivity contribution is 9.10. The minimum atomic E-state index is -0.349. The lowest BCUT2D eigenvalue weighted by molar-refractivity contribution is -0.384. The molecular formula is C13H17BrN2O3. The molecule has 1 aromatic carbocycles. The molecule has 0 saturated carbocycles. The molecule has 0 aliphatic carbocycles. The summed E-state index contributed by atoms with van der Waals surface area (Å²) in [7, 11) is 0. The number of aryl methyl sites for hydroxylation is 1. The summed E-state index contributed by atoms with van der Waals surface area (Å²) in [5.41, 5.74) is 1.16. The number of benzene rings is 1. The molecular weight excluding hydrogens is 312 g/mol. The van der Waals surface area contributed by atoms with Gasteiger partial charge in [0.25, 0.3) is 5.69 Å². The van der Waals surface area contributed by atoms with Crippen LogP contribution in [0, 0.1) is 10.1 Å². The molecule has 19 heavy (non-hydrogen) atoms. The maximum atomic E-state index is 10.8. The van der Waals surface area contributed by atoms with Gasteiger partial charge in [-0.15, -0.1) is 0 Å². The van der Waals surface area contributed by atoms with Crippen LogP contribution in [0.2, 0.25) is 0 Å². The summed E-state index contributed by atoms with van der Waals surface area (Å²) in [6.45, 7) is 4.59. The summed E-state index contributed by atoms with van der Waals surface area (Å²) in [5, 5.41) is 10.8. The van der Waals surface area contributed by atoms with E-state index in [9.17, 15) is 10.1 Å². The van der Waals surface area contributed by atoms with Crippen LogP contribution in [0.5, 0.6) is 0 Å². The molecule has 1 aliphatic rings. The first-order valence-corrected chi connectivity index (χ1v) is 7.19. The molecule has 6 heteroatoms. The Morgan fingerprint density at radius 2 is 2.11 bits per heavy atom. The van der Waals surface area contributed by atoms with Crippen molar-refractivity contribution in [2.45, 2.75) is 12.8 Å². The predicted octanol–water partition coefficient (Wildman–Crippen LogP) is 2.62. The molecule has 1 fully saturated rings. The van der Waals surface area contributed by atoms with Crippen molar-refractivity contribution < 1.29 is 9.66 Å². The fourth-order valence-electron chi connectivity index (χ4n) is 2.18. The van der Waals surface area contributed by atoms with Crippen molar-refractivity contribution >= 4 is 21.6 Å². The second kappa shape index (κ2) is 6.98. The lowest BCUT2D eigenvalue weighted by Gasteiger charge is -2.26. The Labute approximate surface area is 120 Å². The third-order valence-electron chi connectivity index (χ3n) is 3.26. The second-order valence-electron chi connectivity index (χ2n) is 4.59. The van der Waals surface area contributed by atoms with Gasteiger partial charge in [0.1, 0.15) is 0 Å². The van der Waals surface area contributed by atoms with Gasteiger partial charge in [-0.05, 0) is 31.0 Å². The molecule has 5 nitrogen and oxygen atoms in total. The first kappa shape index (κ1) is 14.4. The standard InChI is InChI=1S/C13H17BrN2O3/c14-13-4-3-12(16(17)18)10-11(13)2-1-5-15-6-8-19-9-7-15/h3-4,10H,1-2,5-9H2. The highest BCUT2D eigenvalue weighted by Crippen LogP contribution is 2.23. The number of nitro benzene ring substituents is 1. The molecule has 104 valence electrons. The van der Waals surface area contributed by atoms with Crippen molar-refractivity contribution in [2.75, 3.05) is 32.8 Å². The number of rotatable bonds is 5. The highest BCUT2D eigenvalue weighted by atomic mass is 79.9. The smallest absolute Gasteiger partial charge is 0.269 e. The van der Waals surface area contributed by atoms with Crippen LogP contribution in [-0.4, -0.2) is 42.7 Å². The molecule has 1 heterocycles. The van der Waals surface area contributed by atoms with E-state index in [1.807, 2.05) is 0 Å². The Balaban J connectivity index is 1.87. The van der Waals surface area contributed by atoms with E-state index in [0.717, 1.165) is 55.7 Å². The Morgan fingerprint density at radius 1 is 1.37 bits per heavy atom. The van der Waals surface area contributed by atoms with E-state index in [2.05, 4.69) is 20.8 Å². The number of nitro groups is 1. The zero-order valence-electron chi connectivity index (χ0n) is 10.7. The van der Waals surface area contributed by atoms with E-state index < -0.39 is 0 Å². The lowest BCUT2D eigenvalue weighted by Crippen LogP contribution is -2.36. The SMILES string of the molecule is O=[N+]([O-])c1ccc(Br)c(CCCN2CCOCC2)c1. The van der Waals surface area contributed by atoms with Crippen molar-refractivity contribution in [1.82, 2.24) is 4.90 Å². The van der Waals surface area contributed by atoms with Gasteiger partial charge >= 0.3 is 0 Å². The number of nitrogens with zero attached hydrogens (tertiary/aromatic N) is 2. The predicted molar refractivity (Wildman–Crippen MR) is 76.4 cm³/mol. The average Bonchev–Trinajstić information content (AvgIpc) is 2.42. The number of halogens is 1. The van der Waals surface area contributed by atoms with Crippen LogP contribution in [-0.2, 0) is 11.2 Å². The molecule has 0 bridgehead atoms. The quantitative estimate of drug-likeness (QED) is 0.615. The van der Waals surface area contributed by atoms with Gasteiger partial charge in [0.15, 0.2) is 0 Å². The molecule has 2 rings (SSSR count). The van der Waals surface area contributed by atoms with Crippen LogP contribution < -0.4 is 0 Å². The van der Waals surface area contributed by atoms with E-state index in [-0.39, 0.29) is 10.6 Å². The second-order valence-corrected chi connectivity index (χ2v) is 5.44. The normalized spacial score (nSPS) is 16.5. The number of hydrogen-bond acceptors (Lipinski definition) is 4. The molecule has 0 aromatic heterocycles. The third kappa shape index (κ3) is 4.26. The van der Waals surface area contributed by atoms with E-state index >= 15 is 0 Å². The Kier molecular flexibility index (Phi) is 5.30. The number of non-ortho nitro benzene ring substituents is 1. The fourth-order valence-corrected chi connectivity index (χ4v) is 2.63. The zero-order valence-corrected chi connectivity index (χ0v) is 12.3. The van der Waals surface area contributed by atoms with E-state index in [1.165, 1.54) is 6.07 Å². The van der Waals surface area contributed by atoms with E-state index in [1.54, 1.807) is 12.1 Å². The monoisotopic (exact) mass is 328 g/mol. The Morgan fingerprint density at radius 3 is 2.79 bits per heavy atom. The summed E-state index contributed by atoms with van der Waals surface area (Å²) in [6.07, 6.45) is 1.85. The van der Waals surface area contributed by atoms with Gasteiger partial charge in [0, 0.05) is 29.7 Å². The summed E-state index contributed by atoms with van der Waals surface area (Å²) in [6, 6.07) is 4.93. The fraction of sp³-hybridized carbons (Fsp3) is 0.538. The lowest BCUT2D eigenvalue weighted by atomic mass is 10.1. The zero-order chi connectivity index (χ0) is 13.7. The van der Waals surface area contributed by atoms with E-state index in [4.69, 9.17) is 4.74 Å². The number of ether oxygens (including phenoxy) is 1. The van der Waals surface area contributed by atoms with Crippen molar-refractivity contribution in [3.63, 3.8) is 0 Å². The minimum absolute atomic E-state index is 0.157. The van der Waals surface area contributed by atoms with Crippen molar-refractivity contribution in [2.24, 2.45) is 0 Å². The van der Waals surface area contributed by atoms with Crippen molar-refractivity contribution in [3.05, 3.63) is 38.3 Å². The molecule has 0 radical (unpaired) electrons. The molecule has 1 aromatic rings. The Hall–Kier alpha value is -0.980. The molecule has 0 atom stereocenters. The number of hydrogen-bond donors (Lipinski definition) is 0. The van der Waals surface area contributed by atoms with Gasteiger partial charge in [-0.25, -0.2) is 0 Å².